The molecule has 136 valence electrons. The molecule has 1 fully saturated rings. The molecule has 1 aromatic rings. The molecule has 0 aromatic carbocycles. The largest absolute Gasteiger partial charge is 0.469 e. The number of hydrogen-bond donors (Lipinski definition) is 2. The predicted molar refractivity (Wildman–Crippen MR) is 104 cm³/mol. The minimum absolute atomic E-state index is 0. The zero-order chi connectivity index (χ0) is 16.5. The van der Waals surface area contributed by atoms with E-state index in [1.165, 1.54) is 20.0 Å². The van der Waals surface area contributed by atoms with Gasteiger partial charge in [0.15, 0.2) is 5.96 Å². The highest BCUT2D eigenvalue weighted by Gasteiger charge is 2.25. The SMILES string of the molecule is CN=C(NCCC(=O)OC)NCC(c1ccco1)N1CCCC1.I. The van der Waals surface area contributed by atoms with Gasteiger partial charge in [-0.05, 0) is 38.1 Å². The van der Waals surface area contributed by atoms with Crippen molar-refractivity contribution in [3.63, 3.8) is 0 Å². The highest BCUT2D eigenvalue weighted by molar-refractivity contribution is 14.0. The number of furan rings is 1. The van der Waals surface area contributed by atoms with Gasteiger partial charge < -0.3 is 19.8 Å². The second-order valence-corrected chi connectivity index (χ2v) is 5.48. The molecule has 1 aliphatic rings. The van der Waals surface area contributed by atoms with E-state index < -0.39 is 0 Å². The van der Waals surface area contributed by atoms with E-state index in [1.54, 1.807) is 13.3 Å². The van der Waals surface area contributed by atoms with Crippen LogP contribution in [0.3, 0.4) is 0 Å². The van der Waals surface area contributed by atoms with Crippen LogP contribution in [0.5, 0.6) is 0 Å². The van der Waals surface area contributed by atoms with Gasteiger partial charge in [0.25, 0.3) is 0 Å². The minimum atomic E-state index is -0.238. The molecule has 0 spiro atoms. The molecule has 2 heterocycles. The summed E-state index contributed by atoms with van der Waals surface area (Å²) in [6, 6.07) is 4.12. The summed E-state index contributed by atoms with van der Waals surface area (Å²) < 4.78 is 10.2. The lowest BCUT2D eigenvalue weighted by Gasteiger charge is -2.26. The molecule has 0 saturated carbocycles. The van der Waals surface area contributed by atoms with Gasteiger partial charge in [-0.25, -0.2) is 0 Å². The number of hydrogen-bond acceptors (Lipinski definition) is 5. The number of halogens is 1. The molecule has 2 rings (SSSR count). The number of guanidine groups is 1. The zero-order valence-electron chi connectivity index (χ0n) is 14.3. The Morgan fingerprint density at radius 1 is 1.42 bits per heavy atom. The van der Waals surface area contributed by atoms with Crippen LogP contribution in [-0.2, 0) is 9.53 Å². The van der Waals surface area contributed by atoms with Crippen LogP contribution in [0.2, 0.25) is 0 Å². The highest BCUT2D eigenvalue weighted by Crippen LogP contribution is 2.24. The normalized spacial score (nSPS) is 16.3. The van der Waals surface area contributed by atoms with Crippen LogP contribution in [-0.4, -0.2) is 57.2 Å². The average Bonchev–Trinajstić information content (AvgIpc) is 3.27. The van der Waals surface area contributed by atoms with Crippen molar-refractivity contribution in [1.82, 2.24) is 15.5 Å². The van der Waals surface area contributed by atoms with Gasteiger partial charge in [0, 0.05) is 20.1 Å². The van der Waals surface area contributed by atoms with Gasteiger partial charge >= 0.3 is 5.97 Å². The number of carbonyl (C=O) groups excluding carboxylic acids is 1. The summed E-state index contributed by atoms with van der Waals surface area (Å²) in [5.74, 6) is 1.40. The van der Waals surface area contributed by atoms with E-state index >= 15 is 0 Å². The number of nitrogens with one attached hydrogen (secondary N) is 2. The Bertz CT molecular complexity index is 501. The summed E-state index contributed by atoms with van der Waals surface area (Å²) >= 11 is 0. The molecule has 2 N–H and O–H groups in total. The number of carbonyl (C=O) groups is 1. The molecule has 1 unspecified atom stereocenters. The fraction of sp³-hybridized carbons (Fsp3) is 0.625. The third-order valence-corrected chi connectivity index (χ3v) is 3.99. The standard InChI is InChI=1S/C16H26N4O3.HI/c1-17-16(18-8-7-15(21)22-2)19-12-13(14-6-5-11-23-14)20-9-3-4-10-20;/h5-6,11,13H,3-4,7-10,12H2,1-2H3,(H2,17,18,19);1H. The molecule has 24 heavy (non-hydrogen) atoms. The minimum Gasteiger partial charge on any atom is -0.469 e. The van der Waals surface area contributed by atoms with Crippen LogP contribution in [0.25, 0.3) is 0 Å². The van der Waals surface area contributed by atoms with Crippen molar-refractivity contribution in [3.8, 4) is 0 Å². The average molecular weight is 450 g/mol. The van der Waals surface area contributed by atoms with Crippen LogP contribution < -0.4 is 10.6 Å². The number of nitrogens with zero attached hydrogens (tertiary/aromatic N) is 2. The number of ether oxygens (including phenoxy) is 1. The Hall–Kier alpha value is -1.29. The third kappa shape index (κ3) is 6.31. The quantitative estimate of drug-likeness (QED) is 0.285. The number of likely N-dealkylation sites (tertiary alicyclic amines) is 1. The first-order valence-electron chi connectivity index (χ1n) is 8.03. The van der Waals surface area contributed by atoms with Crippen LogP contribution in [0, 0.1) is 0 Å². The first kappa shape index (κ1) is 20.8. The maximum Gasteiger partial charge on any atom is 0.307 e. The van der Waals surface area contributed by atoms with Crippen LogP contribution in [0.4, 0.5) is 0 Å². The van der Waals surface area contributed by atoms with Crippen molar-refractivity contribution in [2.75, 3.05) is 40.3 Å². The van der Waals surface area contributed by atoms with Gasteiger partial charge in [-0.1, -0.05) is 0 Å². The van der Waals surface area contributed by atoms with Crippen LogP contribution in [0.1, 0.15) is 31.1 Å². The monoisotopic (exact) mass is 450 g/mol. The van der Waals surface area contributed by atoms with E-state index in [1.807, 2.05) is 12.1 Å². The lowest BCUT2D eigenvalue weighted by Crippen LogP contribution is -2.43. The maximum absolute atomic E-state index is 11.1. The Morgan fingerprint density at radius 3 is 2.75 bits per heavy atom. The van der Waals surface area contributed by atoms with Crippen molar-refractivity contribution in [3.05, 3.63) is 24.2 Å². The van der Waals surface area contributed by atoms with E-state index in [9.17, 15) is 4.79 Å². The van der Waals surface area contributed by atoms with E-state index in [-0.39, 0.29) is 36.0 Å². The summed E-state index contributed by atoms with van der Waals surface area (Å²) in [6.45, 7) is 3.36. The lowest BCUT2D eigenvalue weighted by atomic mass is 10.2. The second-order valence-electron chi connectivity index (χ2n) is 5.48. The predicted octanol–water partition coefficient (Wildman–Crippen LogP) is 1.76. The van der Waals surface area contributed by atoms with Gasteiger partial charge in [-0.15, -0.1) is 24.0 Å². The summed E-state index contributed by atoms with van der Waals surface area (Å²) in [7, 11) is 3.10. The lowest BCUT2D eigenvalue weighted by molar-refractivity contribution is -0.140. The first-order valence-corrected chi connectivity index (χ1v) is 8.03. The number of methoxy groups -OCH3 is 1. The van der Waals surface area contributed by atoms with Crippen LogP contribution in [0.15, 0.2) is 27.8 Å². The maximum atomic E-state index is 11.1. The van der Waals surface area contributed by atoms with Gasteiger partial charge in [-0.2, -0.15) is 0 Å². The van der Waals surface area contributed by atoms with Gasteiger partial charge in [0.2, 0.25) is 0 Å². The van der Waals surface area contributed by atoms with Crippen molar-refractivity contribution >= 4 is 35.9 Å². The second kappa shape index (κ2) is 11.3. The summed E-state index contributed by atoms with van der Waals surface area (Å²) in [5.41, 5.74) is 0. The number of rotatable bonds is 7. The fourth-order valence-electron chi connectivity index (χ4n) is 2.74. The fourth-order valence-corrected chi connectivity index (χ4v) is 2.74. The van der Waals surface area contributed by atoms with Crippen molar-refractivity contribution < 1.29 is 13.9 Å². The molecule has 7 nitrogen and oxygen atoms in total. The molecular formula is C16H27IN4O3. The van der Waals surface area contributed by atoms with E-state index in [0.29, 0.717) is 25.5 Å². The molecule has 0 amide bonds. The van der Waals surface area contributed by atoms with E-state index in [4.69, 9.17) is 4.42 Å². The van der Waals surface area contributed by atoms with E-state index in [0.717, 1.165) is 18.8 Å². The van der Waals surface area contributed by atoms with Crippen LogP contribution >= 0.6 is 24.0 Å². The topological polar surface area (TPSA) is 79.1 Å². The molecule has 0 aliphatic carbocycles. The van der Waals surface area contributed by atoms with Gasteiger partial charge in [0.1, 0.15) is 5.76 Å². The number of esters is 1. The molecule has 8 heteroatoms. The molecule has 0 bridgehead atoms. The summed E-state index contributed by atoms with van der Waals surface area (Å²) in [4.78, 5) is 17.7. The Labute approximate surface area is 160 Å². The van der Waals surface area contributed by atoms with Crippen molar-refractivity contribution in [1.29, 1.82) is 0 Å². The summed E-state index contributed by atoms with van der Waals surface area (Å²) in [6.07, 6.45) is 4.47. The molecule has 0 radical (unpaired) electrons. The molecular weight excluding hydrogens is 423 g/mol. The highest BCUT2D eigenvalue weighted by atomic mass is 127. The van der Waals surface area contributed by atoms with Crippen molar-refractivity contribution in [2.24, 2.45) is 4.99 Å². The molecule has 1 atom stereocenters. The Balaban J connectivity index is 0.00000288. The number of aliphatic imine (C=N–C) groups is 1. The van der Waals surface area contributed by atoms with Gasteiger partial charge in [0.05, 0.1) is 25.8 Å². The summed E-state index contributed by atoms with van der Waals surface area (Å²) in [5, 5.41) is 6.43. The third-order valence-electron chi connectivity index (χ3n) is 3.99. The van der Waals surface area contributed by atoms with Gasteiger partial charge in [-0.3, -0.25) is 14.7 Å². The first-order chi connectivity index (χ1) is 11.2. The molecule has 1 aromatic heterocycles. The molecule has 1 aliphatic heterocycles. The van der Waals surface area contributed by atoms with E-state index in [2.05, 4.69) is 25.3 Å². The smallest absolute Gasteiger partial charge is 0.307 e. The molecule has 1 saturated heterocycles. The Kier molecular flexibility index (Phi) is 9.77. The Morgan fingerprint density at radius 2 is 2.17 bits per heavy atom. The zero-order valence-corrected chi connectivity index (χ0v) is 16.6. The van der Waals surface area contributed by atoms with Crippen molar-refractivity contribution in [2.45, 2.75) is 25.3 Å².